The van der Waals surface area contributed by atoms with Gasteiger partial charge in [-0.25, -0.2) is 19.3 Å². The van der Waals surface area contributed by atoms with Crippen molar-refractivity contribution >= 4 is 22.6 Å². The summed E-state index contributed by atoms with van der Waals surface area (Å²) in [5, 5.41) is 26.1. The lowest BCUT2D eigenvalue weighted by molar-refractivity contribution is 0.193. The number of rotatable bonds is 7. The third kappa shape index (κ3) is 4.25. The summed E-state index contributed by atoms with van der Waals surface area (Å²) in [7, 11) is 1.78. The third-order valence-corrected chi connectivity index (χ3v) is 5.95. The number of aryl methyl sites for hydroxylation is 1. The molecule has 0 saturated carbocycles. The number of nitrogens with zero attached hydrogens (tertiary/aromatic N) is 4. The first-order valence-corrected chi connectivity index (χ1v) is 10.9. The second kappa shape index (κ2) is 9.05. The second-order valence-electron chi connectivity index (χ2n) is 8.16. The summed E-state index contributed by atoms with van der Waals surface area (Å²) in [5.41, 5.74) is 1.44. The minimum Gasteiger partial charge on any atom is -0.494 e. The molecule has 5 rings (SSSR count). The number of ether oxygens (including phenoxy) is 1. The summed E-state index contributed by atoms with van der Waals surface area (Å²) in [6.07, 6.45) is 0.913. The molecule has 1 aliphatic rings. The molecular formula is C23H22FN7O4. The van der Waals surface area contributed by atoms with Gasteiger partial charge >= 0.3 is 6.09 Å². The van der Waals surface area contributed by atoms with Gasteiger partial charge in [0.05, 0.1) is 29.6 Å². The van der Waals surface area contributed by atoms with Crippen LogP contribution >= 0.6 is 0 Å². The summed E-state index contributed by atoms with van der Waals surface area (Å²) in [6, 6.07) is 9.57. The van der Waals surface area contributed by atoms with Crippen LogP contribution in [0.3, 0.4) is 0 Å². The number of carbonyl (C=O) groups is 1. The number of benzene rings is 2. The van der Waals surface area contributed by atoms with Gasteiger partial charge in [0.1, 0.15) is 23.7 Å². The standard InChI is InChI=1S/C23H22FN7O4/c1-31-21(26-11-27-31)18-19(12-3-5-14(6-4-12)35-8-2-7-25-23(33)34)28-16-10-13(24)9-15-17(16)20(18)29-30-22(15)32/h3-6,9-11,18-19,25,28H,2,7-8H2,1H3,(H,30,32)(H,33,34)/t18-,19-/m1/s1. The summed E-state index contributed by atoms with van der Waals surface area (Å²) in [5.74, 6) is 0.309. The van der Waals surface area contributed by atoms with Crippen LogP contribution in [-0.4, -0.2) is 49.3 Å². The van der Waals surface area contributed by atoms with Gasteiger partial charge in [-0.05, 0) is 36.2 Å². The maximum atomic E-state index is 14.4. The molecule has 1 aliphatic heterocycles. The Kier molecular flexibility index (Phi) is 5.77. The van der Waals surface area contributed by atoms with E-state index in [1.54, 1.807) is 11.7 Å². The third-order valence-electron chi connectivity index (χ3n) is 5.95. The van der Waals surface area contributed by atoms with Gasteiger partial charge in [-0.15, -0.1) is 0 Å². The van der Waals surface area contributed by atoms with Crippen molar-refractivity contribution in [2.75, 3.05) is 18.5 Å². The molecule has 0 spiro atoms. The van der Waals surface area contributed by atoms with Gasteiger partial charge in [-0.1, -0.05) is 12.1 Å². The Labute approximate surface area is 198 Å². The van der Waals surface area contributed by atoms with Gasteiger partial charge in [-0.2, -0.15) is 10.2 Å². The Morgan fingerprint density at radius 3 is 2.80 bits per heavy atom. The van der Waals surface area contributed by atoms with Crippen LogP contribution in [0.15, 0.2) is 47.5 Å². The largest absolute Gasteiger partial charge is 0.494 e. The Balaban J connectivity index is 1.49. The van der Waals surface area contributed by atoms with Crippen molar-refractivity contribution in [3.05, 3.63) is 76.0 Å². The molecule has 1 amide bonds. The fourth-order valence-corrected chi connectivity index (χ4v) is 4.40. The molecule has 2 aromatic carbocycles. The number of aromatic amines is 1. The summed E-state index contributed by atoms with van der Waals surface area (Å²) in [4.78, 5) is 27.3. The fourth-order valence-electron chi connectivity index (χ4n) is 4.40. The van der Waals surface area contributed by atoms with Crippen LogP contribution in [0.5, 0.6) is 5.75 Å². The van der Waals surface area contributed by atoms with Gasteiger partial charge < -0.3 is 20.5 Å². The number of halogens is 1. The van der Waals surface area contributed by atoms with Gasteiger partial charge in [0.25, 0.3) is 5.56 Å². The molecule has 4 aromatic rings. The Morgan fingerprint density at radius 1 is 1.29 bits per heavy atom. The van der Waals surface area contributed by atoms with Crippen LogP contribution in [0, 0.1) is 5.82 Å². The molecule has 0 bridgehead atoms. The first-order chi connectivity index (χ1) is 16.9. The van der Waals surface area contributed by atoms with E-state index >= 15 is 0 Å². The van der Waals surface area contributed by atoms with E-state index in [0.717, 1.165) is 5.56 Å². The van der Waals surface area contributed by atoms with E-state index in [1.807, 2.05) is 24.3 Å². The normalized spacial score (nSPS) is 16.6. The van der Waals surface area contributed by atoms with Crippen LogP contribution in [0.4, 0.5) is 14.9 Å². The minimum atomic E-state index is -1.07. The molecule has 3 heterocycles. The number of amides is 1. The van der Waals surface area contributed by atoms with Crippen LogP contribution in [0.1, 0.15) is 35.5 Å². The number of hydrogen-bond donors (Lipinski definition) is 4. The number of carboxylic acid groups (broad SMARTS) is 1. The van der Waals surface area contributed by atoms with E-state index in [2.05, 4.69) is 30.9 Å². The fraction of sp³-hybridized carbons (Fsp3) is 0.261. The number of nitrogens with one attached hydrogen (secondary N) is 3. The molecule has 12 heteroatoms. The van der Waals surface area contributed by atoms with E-state index < -0.39 is 23.4 Å². The zero-order valence-electron chi connectivity index (χ0n) is 18.7. The number of hydrogen-bond acceptors (Lipinski definition) is 7. The summed E-state index contributed by atoms with van der Waals surface area (Å²) in [6.45, 7) is 0.657. The van der Waals surface area contributed by atoms with Gasteiger partial charge in [0.15, 0.2) is 0 Å². The molecule has 2 aromatic heterocycles. The molecule has 4 N–H and O–H groups in total. The van der Waals surface area contributed by atoms with E-state index in [-0.39, 0.29) is 11.4 Å². The highest BCUT2D eigenvalue weighted by molar-refractivity contribution is 5.97. The monoisotopic (exact) mass is 479 g/mol. The van der Waals surface area contributed by atoms with Crippen molar-refractivity contribution in [3.63, 3.8) is 0 Å². The molecule has 2 atom stereocenters. The van der Waals surface area contributed by atoms with Crippen LogP contribution < -0.4 is 20.9 Å². The van der Waals surface area contributed by atoms with E-state index in [4.69, 9.17) is 9.84 Å². The van der Waals surface area contributed by atoms with E-state index in [0.29, 0.717) is 47.9 Å². The Hall–Kier alpha value is -4.48. The SMILES string of the molecule is Cn1ncnc1[C@H]1c2n[nH]c(=O)c3cc(F)cc(c23)N[C@@H]1c1ccc(OCCCNC(=O)O)cc1. The average Bonchev–Trinajstić information content (AvgIpc) is 3.26. The van der Waals surface area contributed by atoms with Crippen molar-refractivity contribution in [2.24, 2.45) is 7.05 Å². The number of aromatic nitrogens is 5. The highest BCUT2D eigenvalue weighted by Crippen LogP contribution is 2.46. The number of H-pyrrole nitrogens is 1. The van der Waals surface area contributed by atoms with E-state index in [1.165, 1.54) is 18.5 Å². The predicted octanol–water partition coefficient (Wildman–Crippen LogP) is 2.53. The Bertz CT molecular complexity index is 1450. The predicted molar refractivity (Wildman–Crippen MR) is 124 cm³/mol. The van der Waals surface area contributed by atoms with E-state index in [9.17, 15) is 14.0 Å². The second-order valence-corrected chi connectivity index (χ2v) is 8.16. The van der Waals surface area contributed by atoms with Gasteiger partial charge in [0.2, 0.25) is 0 Å². The number of anilines is 1. The van der Waals surface area contributed by atoms with Crippen molar-refractivity contribution < 1.29 is 19.0 Å². The zero-order chi connectivity index (χ0) is 24.5. The quantitative estimate of drug-likeness (QED) is 0.296. The van der Waals surface area contributed by atoms with Crippen molar-refractivity contribution in [1.82, 2.24) is 30.3 Å². The first kappa shape index (κ1) is 22.3. The van der Waals surface area contributed by atoms with Crippen molar-refractivity contribution in [2.45, 2.75) is 18.4 Å². The molecule has 0 fully saturated rings. The molecular weight excluding hydrogens is 457 g/mol. The molecule has 0 radical (unpaired) electrons. The van der Waals surface area contributed by atoms with Crippen LogP contribution in [0.25, 0.3) is 10.8 Å². The maximum absolute atomic E-state index is 14.4. The zero-order valence-corrected chi connectivity index (χ0v) is 18.7. The first-order valence-electron chi connectivity index (χ1n) is 10.9. The lowest BCUT2D eigenvalue weighted by Crippen LogP contribution is -2.30. The van der Waals surface area contributed by atoms with Crippen LogP contribution in [-0.2, 0) is 7.05 Å². The molecule has 0 unspecified atom stereocenters. The molecule has 11 nitrogen and oxygen atoms in total. The molecule has 0 aliphatic carbocycles. The summed E-state index contributed by atoms with van der Waals surface area (Å²) >= 11 is 0. The highest BCUT2D eigenvalue weighted by Gasteiger charge is 2.37. The molecule has 180 valence electrons. The van der Waals surface area contributed by atoms with Crippen LogP contribution in [0.2, 0.25) is 0 Å². The lowest BCUT2D eigenvalue weighted by Gasteiger charge is -2.33. The topological polar surface area (TPSA) is 147 Å². The minimum absolute atomic E-state index is 0.212. The highest BCUT2D eigenvalue weighted by atomic mass is 19.1. The lowest BCUT2D eigenvalue weighted by atomic mass is 9.83. The average molecular weight is 479 g/mol. The van der Waals surface area contributed by atoms with Crippen molar-refractivity contribution in [1.29, 1.82) is 0 Å². The maximum Gasteiger partial charge on any atom is 0.404 e. The van der Waals surface area contributed by atoms with Gasteiger partial charge in [-0.3, -0.25) is 9.48 Å². The smallest absolute Gasteiger partial charge is 0.404 e. The molecule has 0 saturated heterocycles. The molecule has 35 heavy (non-hydrogen) atoms. The Morgan fingerprint density at radius 2 is 2.09 bits per heavy atom. The van der Waals surface area contributed by atoms with Crippen molar-refractivity contribution in [3.8, 4) is 5.75 Å². The van der Waals surface area contributed by atoms with Gasteiger partial charge in [0, 0.05) is 24.7 Å². The summed E-state index contributed by atoms with van der Waals surface area (Å²) < 4.78 is 21.7.